The molecule has 0 spiro atoms. The predicted molar refractivity (Wildman–Crippen MR) is 82.8 cm³/mol. The molecule has 3 nitrogen and oxygen atoms in total. The Balaban J connectivity index is 2.22. The maximum absolute atomic E-state index is 9.23. The fraction of sp³-hybridized carbons (Fsp3) is 0.588. The maximum atomic E-state index is 9.23. The van der Waals surface area contributed by atoms with E-state index in [0.29, 0.717) is 6.61 Å². The second-order valence-electron chi connectivity index (χ2n) is 5.49. The summed E-state index contributed by atoms with van der Waals surface area (Å²) in [4.78, 5) is 0. The van der Waals surface area contributed by atoms with Gasteiger partial charge in [0.25, 0.3) is 0 Å². The fourth-order valence-corrected chi connectivity index (χ4v) is 2.06. The quantitative estimate of drug-likeness (QED) is 0.696. The summed E-state index contributed by atoms with van der Waals surface area (Å²) in [5.41, 5.74) is 0.808. The van der Waals surface area contributed by atoms with Gasteiger partial charge in [0.05, 0.1) is 12.7 Å². The smallest absolute Gasteiger partial charge is 0.119 e. The van der Waals surface area contributed by atoms with Crippen molar-refractivity contribution < 1.29 is 4.74 Å². The van der Waals surface area contributed by atoms with Gasteiger partial charge in [-0.3, -0.25) is 5.32 Å². The number of hydrogen-bond donors (Lipinski definition) is 1. The summed E-state index contributed by atoms with van der Waals surface area (Å²) in [6, 6.07) is 10.5. The highest BCUT2D eigenvalue weighted by Crippen LogP contribution is 2.15. The minimum absolute atomic E-state index is 0.403. The van der Waals surface area contributed by atoms with Gasteiger partial charge in [-0.25, -0.2) is 0 Å². The van der Waals surface area contributed by atoms with Gasteiger partial charge in [-0.2, -0.15) is 5.26 Å². The SMILES string of the molecule is CCCNC(C)(C#N)CCCCOc1cccc(C)c1. The van der Waals surface area contributed by atoms with Crippen LogP contribution in [0.4, 0.5) is 0 Å². The van der Waals surface area contributed by atoms with Crippen molar-refractivity contribution in [2.24, 2.45) is 0 Å². The lowest BCUT2D eigenvalue weighted by molar-refractivity contribution is 0.295. The second-order valence-corrected chi connectivity index (χ2v) is 5.49. The van der Waals surface area contributed by atoms with Crippen molar-refractivity contribution in [3.8, 4) is 11.8 Å². The zero-order valence-corrected chi connectivity index (χ0v) is 12.9. The summed E-state index contributed by atoms with van der Waals surface area (Å²) in [6.07, 6.45) is 3.88. The number of hydrogen-bond acceptors (Lipinski definition) is 3. The minimum Gasteiger partial charge on any atom is -0.494 e. The van der Waals surface area contributed by atoms with Crippen LogP contribution in [0.3, 0.4) is 0 Å². The summed E-state index contributed by atoms with van der Waals surface area (Å²) in [5.74, 6) is 0.928. The normalized spacial score (nSPS) is 13.5. The van der Waals surface area contributed by atoms with Crippen molar-refractivity contribution in [3.05, 3.63) is 29.8 Å². The molecule has 110 valence electrons. The molecule has 3 heteroatoms. The van der Waals surface area contributed by atoms with Crippen molar-refractivity contribution in [1.29, 1.82) is 5.26 Å². The highest BCUT2D eigenvalue weighted by Gasteiger charge is 2.21. The van der Waals surface area contributed by atoms with E-state index in [4.69, 9.17) is 4.74 Å². The number of nitriles is 1. The Labute approximate surface area is 123 Å². The lowest BCUT2D eigenvalue weighted by Gasteiger charge is -2.22. The Bertz CT molecular complexity index is 439. The van der Waals surface area contributed by atoms with Gasteiger partial charge < -0.3 is 4.74 Å². The van der Waals surface area contributed by atoms with Crippen LogP contribution < -0.4 is 10.1 Å². The monoisotopic (exact) mass is 274 g/mol. The van der Waals surface area contributed by atoms with Crippen LogP contribution in [0, 0.1) is 18.3 Å². The van der Waals surface area contributed by atoms with Gasteiger partial charge in [0.15, 0.2) is 0 Å². The molecule has 0 bridgehead atoms. The lowest BCUT2D eigenvalue weighted by Crippen LogP contribution is -2.41. The third-order valence-electron chi connectivity index (χ3n) is 3.34. The molecule has 0 saturated heterocycles. The predicted octanol–water partition coefficient (Wildman–Crippen LogP) is 3.83. The number of nitrogens with zero attached hydrogens (tertiary/aromatic N) is 1. The molecule has 1 aromatic rings. The fourth-order valence-electron chi connectivity index (χ4n) is 2.06. The van der Waals surface area contributed by atoms with E-state index in [9.17, 15) is 5.26 Å². The Kier molecular flexibility index (Phi) is 7.11. The molecule has 0 aromatic heterocycles. The van der Waals surface area contributed by atoms with E-state index in [1.165, 1.54) is 5.56 Å². The molecular weight excluding hydrogens is 248 g/mol. The molecule has 1 atom stereocenters. The zero-order chi connectivity index (χ0) is 14.8. The van der Waals surface area contributed by atoms with Crippen LogP contribution in [-0.4, -0.2) is 18.7 Å². The molecule has 0 aliphatic carbocycles. The average Bonchev–Trinajstić information content (AvgIpc) is 2.45. The first kappa shape index (κ1) is 16.5. The molecule has 1 N–H and O–H groups in total. The number of rotatable bonds is 9. The van der Waals surface area contributed by atoms with Gasteiger partial charge in [0.2, 0.25) is 0 Å². The van der Waals surface area contributed by atoms with Gasteiger partial charge in [-0.15, -0.1) is 0 Å². The van der Waals surface area contributed by atoms with Crippen molar-refractivity contribution in [2.75, 3.05) is 13.2 Å². The average molecular weight is 274 g/mol. The van der Waals surface area contributed by atoms with Crippen molar-refractivity contribution >= 4 is 0 Å². The van der Waals surface area contributed by atoms with E-state index in [2.05, 4.69) is 31.3 Å². The van der Waals surface area contributed by atoms with Crippen LogP contribution in [0.15, 0.2) is 24.3 Å². The highest BCUT2D eigenvalue weighted by atomic mass is 16.5. The van der Waals surface area contributed by atoms with Crippen LogP contribution in [0.25, 0.3) is 0 Å². The lowest BCUT2D eigenvalue weighted by atomic mass is 9.96. The zero-order valence-electron chi connectivity index (χ0n) is 12.9. The summed E-state index contributed by atoms with van der Waals surface area (Å²) in [7, 11) is 0. The molecule has 1 rings (SSSR count). The highest BCUT2D eigenvalue weighted by molar-refractivity contribution is 5.27. The van der Waals surface area contributed by atoms with Gasteiger partial charge >= 0.3 is 0 Å². The molecule has 1 aromatic carbocycles. The largest absolute Gasteiger partial charge is 0.494 e. The van der Waals surface area contributed by atoms with E-state index in [1.54, 1.807) is 0 Å². The number of aryl methyl sites for hydroxylation is 1. The van der Waals surface area contributed by atoms with E-state index in [1.807, 2.05) is 25.1 Å². The molecule has 1 unspecified atom stereocenters. The van der Waals surface area contributed by atoms with E-state index >= 15 is 0 Å². The third kappa shape index (κ3) is 6.08. The summed E-state index contributed by atoms with van der Waals surface area (Å²) in [6.45, 7) is 7.75. The summed E-state index contributed by atoms with van der Waals surface area (Å²) < 4.78 is 5.71. The summed E-state index contributed by atoms with van der Waals surface area (Å²) >= 11 is 0. The molecule has 0 aliphatic heterocycles. The molecule has 20 heavy (non-hydrogen) atoms. The van der Waals surface area contributed by atoms with Crippen LogP contribution in [0.1, 0.15) is 45.1 Å². The van der Waals surface area contributed by atoms with E-state index in [-0.39, 0.29) is 0 Å². The second kappa shape index (κ2) is 8.60. The minimum atomic E-state index is -0.403. The molecule has 0 aliphatic rings. The Morgan fingerprint density at radius 2 is 2.15 bits per heavy atom. The molecule has 0 saturated carbocycles. The van der Waals surface area contributed by atoms with Crippen LogP contribution in [-0.2, 0) is 0 Å². The van der Waals surface area contributed by atoms with Crippen LogP contribution in [0.2, 0.25) is 0 Å². The first-order chi connectivity index (χ1) is 9.59. The molecule has 0 amide bonds. The van der Waals surface area contributed by atoms with Crippen LogP contribution >= 0.6 is 0 Å². The number of nitrogens with one attached hydrogen (secondary N) is 1. The Morgan fingerprint density at radius 3 is 2.80 bits per heavy atom. The van der Waals surface area contributed by atoms with Crippen molar-refractivity contribution in [3.63, 3.8) is 0 Å². The van der Waals surface area contributed by atoms with Gasteiger partial charge in [0.1, 0.15) is 11.3 Å². The van der Waals surface area contributed by atoms with E-state index in [0.717, 1.165) is 38.0 Å². The number of ether oxygens (including phenoxy) is 1. The first-order valence-electron chi connectivity index (χ1n) is 7.45. The number of benzene rings is 1. The van der Waals surface area contributed by atoms with Gasteiger partial charge in [-0.05, 0) is 63.8 Å². The first-order valence-corrected chi connectivity index (χ1v) is 7.45. The molecule has 0 radical (unpaired) electrons. The standard InChI is InChI=1S/C17H26N2O/c1-4-11-19-17(3,14-18)10-5-6-12-20-16-9-7-8-15(2)13-16/h7-9,13,19H,4-6,10-12H2,1-3H3. The molecule has 0 heterocycles. The van der Waals surface area contributed by atoms with Crippen molar-refractivity contribution in [1.82, 2.24) is 5.32 Å². The topological polar surface area (TPSA) is 45.0 Å². The van der Waals surface area contributed by atoms with Gasteiger partial charge in [0, 0.05) is 0 Å². The molecule has 0 fully saturated rings. The maximum Gasteiger partial charge on any atom is 0.119 e. The molecular formula is C17H26N2O. The number of unbranched alkanes of at least 4 members (excludes halogenated alkanes) is 1. The Morgan fingerprint density at radius 1 is 1.35 bits per heavy atom. The summed E-state index contributed by atoms with van der Waals surface area (Å²) in [5, 5.41) is 12.5. The Hall–Kier alpha value is -1.53. The van der Waals surface area contributed by atoms with Crippen LogP contribution in [0.5, 0.6) is 5.75 Å². The van der Waals surface area contributed by atoms with Gasteiger partial charge in [-0.1, -0.05) is 19.1 Å². The third-order valence-corrected chi connectivity index (χ3v) is 3.34. The van der Waals surface area contributed by atoms with Crippen molar-refractivity contribution in [2.45, 2.75) is 52.0 Å². The van der Waals surface area contributed by atoms with E-state index < -0.39 is 5.54 Å².